The standard InChI is InChI=1S/C13H23N3/c1-3-12-13(10-16(2)15-12)14-9-11-7-5-4-6-8-11/h10-11,14H,3-9H2,1-2H3. The Morgan fingerprint density at radius 1 is 1.38 bits per heavy atom. The molecule has 0 atom stereocenters. The van der Waals surface area contributed by atoms with E-state index in [0.717, 1.165) is 18.9 Å². The van der Waals surface area contributed by atoms with Gasteiger partial charge in [0.2, 0.25) is 0 Å². The molecule has 1 N–H and O–H groups in total. The largest absolute Gasteiger partial charge is 0.382 e. The quantitative estimate of drug-likeness (QED) is 0.847. The summed E-state index contributed by atoms with van der Waals surface area (Å²) in [5.74, 6) is 0.874. The Bertz CT molecular complexity index is 324. The van der Waals surface area contributed by atoms with E-state index in [1.165, 1.54) is 43.5 Å². The first-order valence-corrected chi connectivity index (χ1v) is 6.56. The molecule has 2 rings (SSSR count). The highest BCUT2D eigenvalue weighted by Gasteiger charge is 2.14. The van der Waals surface area contributed by atoms with Gasteiger partial charge in [0.15, 0.2) is 0 Å². The highest BCUT2D eigenvalue weighted by molar-refractivity contribution is 5.46. The van der Waals surface area contributed by atoms with Gasteiger partial charge in [-0.25, -0.2) is 0 Å². The Morgan fingerprint density at radius 2 is 2.12 bits per heavy atom. The number of anilines is 1. The number of hydrogen-bond acceptors (Lipinski definition) is 2. The van der Waals surface area contributed by atoms with Crippen LogP contribution in [0.1, 0.15) is 44.7 Å². The summed E-state index contributed by atoms with van der Waals surface area (Å²) in [6.45, 7) is 3.28. The second-order valence-electron chi connectivity index (χ2n) is 4.90. The zero-order valence-electron chi connectivity index (χ0n) is 10.5. The Kier molecular flexibility index (Phi) is 3.86. The van der Waals surface area contributed by atoms with Gasteiger partial charge in [-0.3, -0.25) is 4.68 Å². The molecule has 1 heterocycles. The van der Waals surface area contributed by atoms with Crippen LogP contribution in [0.5, 0.6) is 0 Å². The second-order valence-corrected chi connectivity index (χ2v) is 4.90. The zero-order chi connectivity index (χ0) is 11.4. The molecule has 1 aromatic heterocycles. The fourth-order valence-electron chi connectivity index (χ4n) is 2.59. The highest BCUT2D eigenvalue weighted by Crippen LogP contribution is 2.24. The van der Waals surface area contributed by atoms with Crippen molar-refractivity contribution in [2.75, 3.05) is 11.9 Å². The van der Waals surface area contributed by atoms with Gasteiger partial charge in [-0.05, 0) is 25.2 Å². The van der Waals surface area contributed by atoms with Crippen molar-refractivity contribution in [1.82, 2.24) is 9.78 Å². The number of aromatic nitrogens is 2. The third-order valence-electron chi connectivity index (χ3n) is 3.55. The van der Waals surface area contributed by atoms with Gasteiger partial charge in [0.1, 0.15) is 0 Å². The van der Waals surface area contributed by atoms with Gasteiger partial charge in [0.05, 0.1) is 11.4 Å². The Balaban J connectivity index is 1.87. The van der Waals surface area contributed by atoms with E-state index in [2.05, 4.69) is 23.5 Å². The number of nitrogens with zero attached hydrogens (tertiary/aromatic N) is 2. The normalized spacial score (nSPS) is 17.6. The summed E-state index contributed by atoms with van der Waals surface area (Å²) in [5, 5.41) is 8.02. The average molecular weight is 221 g/mol. The fourth-order valence-corrected chi connectivity index (χ4v) is 2.59. The van der Waals surface area contributed by atoms with Crippen LogP contribution >= 0.6 is 0 Å². The van der Waals surface area contributed by atoms with Crippen molar-refractivity contribution in [1.29, 1.82) is 0 Å². The summed E-state index contributed by atoms with van der Waals surface area (Å²) in [7, 11) is 1.99. The molecule has 0 spiro atoms. The molecular formula is C13H23N3. The van der Waals surface area contributed by atoms with E-state index < -0.39 is 0 Å². The molecular weight excluding hydrogens is 198 g/mol. The SMILES string of the molecule is CCc1nn(C)cc1NCC1CCCCC1. The van der Waals surface area contributed by atoms with Gasteiger partial charge >= 0.3 is 0 Å². The number of nitrogens with one attached hydrogen (secondary N) is 1. The minimum atomic E-state index is 0.874. The molecule has 1 fully saturated rings. The number of hydrogen-bond donors (Lipinski definition) is 1. The molecule has 1 aliphatic carbocycles. The van der Waals surface area contributed by atoms with Crippen LogP contribution in [0.4, 0.5) is 5.69 Å². The first-order valence-electron chi connectivity index (χ1n) is 6.56. The molecule has 0 bridgehead atoms. The first-order chi connectivity index (χ1) is 7.79. The van der Waals surface area contributed by atoms with Crippen LogP contribution in [0.15, 0.2) is 6.20 Å². The maximum atomic E-state index is 4.45. The lowest BCUT2D eigenvalue weighted by molar-refractivity contribution is 0.373. The Labute approximate surface area is 98.2 Å². The minimum absolute atomic E-state index is 0.874. The minimum Gasteiger partial charge on any atom is -0.382 e. The van der Waals surface area contributed by atoms with Crippen LogP contribution in [-0.2, 0) is 13.5 Å². The van der Waals surface area contributed by atoms with Crippen LogP contribution in [0, 0.1) is 5.92 Å². The van der Waals surface area contributed by atoms with Gasteiger partial charge in [0, 0.05) is 19.8 Å². The summed E-state index contributed by atoms with van der Waals surface area (Å²) >= 11 is 0. The summed E-state index contributed by atoms with van der Waals surface area (Å²) in [4.78, 5) is 0. The van der Waals surface area contributed by atoms with Gasteiger partial charge < -0.3 is 5.32 Å². The molecule has 0 aliphatic heterocycles. The topological polar surface area (TPSA) is 29.9 Å². The molecule has 16 heavy (non-hydrogen) atoms. The lowest BCUT2D eigenvalue weighted by Crippen LogP contribution is -2.17. The number of rotatable bonds is 4. The summed E-state index contributed by atoms with van der Waals surface area (Å²) in [6.07, 6.45) is 10.2. The van der Waals surface area contributed by atoms with Gasteiger partial charge in [-0.1, -0.05) is 26.2 Å². The van der Waals surface area contributed by atoms with Gasteiger partial charge in [0.25, 0.3) is 0 Å². The van der Waals surface area contributed by atoms with E-state index in [4.69, 9.17) is 0 Å². The van der Waals surface area contributed by atoms with Crippen molar-refractivity contribution in [2.45, 2.75) is 45.4 Å². The van der Waals surface area contributed by atoms with Crippen molar-refractivity contribution in [3.8, 4) is 0 Å². The molecule has 1 saturated carbocycles. The smallest absolute Gasteiger partial charge is 0.0853 e. The molecule has 3 heteroatoms. The fraction of sp³-hybridized carbons (Fsp3) is 0.769. The summed E-state index contributed by atoms with van der Waals surface area (Å²) in [6, 6.07) is 0. The van der Waals surface area contributed by atoms with Crippen LogP contribution in [0.3, 0.4) is 0 Å². The van der Waals surface area contributed by atoms with Crippen molar-refractivity contribution >= 4 is 5.69 Å². The predicted molar refractivity (Wildman–Crippen MR) is 67.7 cm³/mol. The maximum Gasteiger partial charge on any atom is 0.0853 e. The highest BCUT2D eigenvalue weighted by atomic mass is 15.3. The van der Waals surface area contributed by atoms with Crippen LogP contribution in [0.2, 0.25) is 0 Å². The van der Waals surface area contributed by atoms with Crippen LogP contribution in [0.25, 0.3) is 0 Å². The van der Waals surface area contributed by atoms with E-state index in [0.29, 0.717) is 0 Å². The number of aryl methyl sites for hydroxylation is 2. The Hall–Kier alpha value is -0.990. The monoisotopic (exact) mass is 221 g/mol. The molecule has 1 aromatic rings. The van der Waals surface area contributed by atoms with E-state index in [1.54, 1.807) is 0 Å². The lowest BCUT2D eigenvalue weighted by atomic mass is 9.89. The van der Waals surface area contributed by atoms with E-state index in [-0.39, 0.29) is 0 Å². The van der Waals surface area contributed by atoms with E-state index in [9.17, 15) is 0 Å². The third-order valence-corrected chi connectivity index (χ3v) is 3.55. The van der Waals surface area contributed by atoms with E-state index >= 15 is 0 Å². The summed E-state index contributed by atoms with van der Waals surface area (Å²) < 4.78 is 1.90. The molecule has 0 aromatic carbocycles. The van der Waals surface area contributed by atoms with E-state index in [1.807, 2.05) is 11.7 Å². The molecule has 1 aliphatic rings. The van der Waals surface area contributed by atoms with Crippen molar-refractivity contribution in [2.24, 2.45) is 13.0 Å². The molecule has 90 valence electrons. The summed E-state index contributed by atoms with van der Waals surface area (Å²) in [5.41, 5.74) is 2.42. The third kappa shape index (κ3) is 2.77. The van der Waals surface area contributed by atoms with Gasteiger partial charge in [-0.15, -0.1) is 0 Å². The molecule has 0 unspecified atom stereocenters. The van der Waals surface area contributed by atoms with Crippen LogP contribution < -0.4 is 5.32 Å². The Morgan fingerprint density at radius 3 is 2.81 bits per heavy atom. The first kappa shape index (κ1) is 11.5. The molecule has 0 saturated heterocycles. The average Bonchev–Trinajstić information content (AvgIpc) is 2.68. The van der Waals surface area contributed by atoms with Crippen molar-refractivity contribution in [3.63, 3.8) is 0 Å². The second kappa shape index (κ2) is 5.37. The molecule has 0 radical (unpaired) electrons. The predicted octanol–water partition coefficient (Wildman–Crippen LogP) is 2.97. The zero-order valence-corrected chi connectivity index (χ0v) is 10.5. The molecule has 3 nitrogen and oxygen atoms in total. The van der Waals surface area contributed by atoms with Gasteiger partial charge in [-0.2, -0.15) is 5.10 Å². The van der Waals surface area contributed by atoms with Crippen molar-refractivity contribution < 1.29 is 0 Å². The maximum absolute atomic E-state index is 4.45. The lowest BCUT2D eigenvalue weighted by Gasteiger charge is -2.22. The molecule has 0 amide bonds. The van der Waals surface area contributed by atoms with Crippen molar-refractivity contribution in [3.05, 3.63) is 11.9 Å². The van der Waals surface area contributed by atoms with Crippen LogP contribution in [-0.4, -0.2) is 16.3 Å².